The van der Waals surface area contributed by atoms with Crippen LogP contribution in [0.25, 0.3) is 0 Å². The Morgan fingerprint density at radius 1 is 1.36 bits per heavy atom. The van der Waals surface area contributed by atoms with Crippen molar-refractivity contribution in [2.24, 2.45) is 0 Å². The van der Waals surface area contributed by atoms with Crippen molar-refractivity contribution in [1.82, 2.24) is 9.88 Å². The van der Waals surface area contributed by atoms with Gasteiger partial charge in [0.15, 0.2) is 0 Å². The zero-order chi connectivity index (χ0) is 18.0. The number of nitrogens with zero attached hydrogens (tertiary/aromatic N) is 1. The van der Waals surface area contributed by atoms with Crippen LogP contribution in [0.5, 0.6) is 0 Å². The average molecular weight is 344 g/mol. The molecule has 132 valence electrons. The Morgan fingerprint density at radius 3 is 2.76 bits per heavy atom. The highest BCUT2D eigenvalue weighted by Crippen LogP contribution is 2.28. The van der Waals surface area contributed by atoms with Gasteiger partial charge in [-0.25, -0.2) is 4.39 Å². The number of hydrogen-bond acceptors (Lipinski definition) is 3. The molecule has 3 rings (SSSR count). The molecule has 0 spiro atoms. The lowest BCUT2D eigenvalue weighted by molar-refractivity contribution is 0.0666. The number of aliphatic hydroxyl groups excluding tert-OH is 1. The highest BCUT2D eigenvalue weighted by Gasteiger charge is 2.31. The fourth-order valence-electron chi connectivity index (χ4n) is 3.40. The maximum absolute atomic E-state index is 13.0. The van der Waals surface area contributed by atoms with Crippen molar-refractivity contribution in [3.8, 4) is 0 Å². The van der Waals surface area contributed by atoms with Gasteiger partial charge in [-0.1, -0.05) is 12.1 Å². The summed E-state index contributed by atoms with van der Waals surface area (Å²) in [7, 11) is 0. The minimum atomic E-state index is -0.764. The van der Waals surface area contributed by atoms with E-state index in [-0.39, 0.29) is 23.3 Å². The first-order chi connectivity index (χ1) is 11.9. The van der Waals surface area contributed by atoms with Crippen molar-refractivity contribution in [3.05, 3.63) is 69.4 Å². The van der Waals surface area contributed by atoms with Crippen molar-refractivity contribution in [2.45, 2.75) is 38.3 Å². The number of carbonyl (C=O) groups is 1. The number of aromatic nitrogens is 1. The van der Waals surface area contributed by atoms with Gasteiger partial charge in [-0.15, -0.1) is 0 Å². The first-order valence-corrected chi connectivity index (χ1v) is 8.39. The third-order valence-corrected chi connectivity index (χ3v) is 4.61. The van der Waals surface area contributed by atoms with E-state index < -0.39 is 6.10 Å². The molecule has 0 saturated carbocycles. The smallest absolute Gasteiger partial charge is 0.254 e. The third-order valence-electron chi connectivity index (χ3n) is 4.61. The summed E-state index contributed by atoms with van der Waals surface area (Å²) in [5.41, 5.74) is 1.33. The normalized spacial score (nSPS) is 18.4. The quantitative estimate of drug-likeness (QED) is 0.895. The van der Waals surface area contributed by atoms with Crippen molar-refractivity contribution in [3.63, 3.8) is 0 Å². The van der Waals surface area contributed by atoms with E-state index in [1.54, 1.807) is 30.0 Å². The van der Waals surface area contributed by atoms with Gasteiger partial charge in [-0.3, -0.25) is 9.59 Å². The molecule has 1 saturated heterocycles. The fourth-order valence-corrected chi connectivity index (χ4v) is 3.40. The number of amides is 1. The minimum absolute atomic E-state index is 0.104. The number of likely N-dealkylation sites (tertiary alicyclic amines) is 1. The van der Waals surface area contributed by atoms with Gasteiger partial charge in [0.05, 0.1) is 6.10 Å². The summed E-state index contributed by atoms with van der Waals surface area (Å²) in [6.07, 6.45) is 1.28. The van der Waals surface area contributed by atoms with Crippen LogP contribution < -0.4 is 5.56 Å². The molecule has 1 aromatic heterocycles. The monoisotopic (exact) mass is 344 g/mol. The highest BCUT2D eigenvalue weighted by atomic mass is 19.1. The van der Waals surface area contributed by atoms with Crippen LogP contribution in [0.15, 0.2) is 41.2 Å². The van der Waals surface area contributed by atoms with Crippen LogP contribution in [-0.4, -0.2) is 33.5 Å². The molecule has 1 aliphatic heterocycles. The summed E-state index contributed by atoms with van der Waals surface area (Å²) >= 11 is 0. The van der Waals surface area contributed by atoms with E-state index in [0.717, 1.165) is 12.8 Å². The number of carbonyl (C=O) groups excluding carboxylic acids is 1. The molecule has 6 heteroatoms. The Kier molecular flexibility index (Phi) is 4.99. The van der Waals surface area contributed by atoms with E-state index in [0.29, 0.717) is 29.8 Å². The zero-order valence-electron chi connectivity index (χ0n) is 14.0. The number of rotatable bonds is 4. The van der Waals surface area contributed by atoms with Crippen molar-refractivity contribution >= 4 is 5.91 Å². The number of H-pyrrole nitrogens is 1. The predicted octanol–water partition coefficient (Wildman–Crippen LogP) is 2.55. The Balaban J connectivity index is 1.74. The molecule has 0 bridgehead atoms. The largest absolute Gasteiger partial charge is 0.388 e. The van der Waals surface area contributed by atoms with Gasteiger partial charge < -0.3 is 15.0 Å². The molecule has 2 aromatic rings. The van der Waals surface area contributed by atoms with Crippen LogP contribution in [-0.2, 0) is 0 Å². The molecule has 2 heterocycles. The molecule has 1 amide bonds. The van der Waals surface area contributed by atoms with E-state index in [1.165, 1.54) is 18.2 Å². The number of benzene rings is 1. The molecule has 5 nitrogen and oxygen atoms in total. The second-order valence-electron chi connectivity index (χ2n) is 6.51. The number of pyridine rings is 1. The standard InChI is InChI=1S/C19H21FN2O3/c1-12-9-14(10-18(24)21-12)19(25)22-8-2-3-16(22)11-17(23)13-4-6-15(20)7-5-13/h4-7,9-10,16-17,23H,2-3,8,11H2,1H3,(H,21,24). The van der Waals surface area contributed by atoms with Gasteiger partial charge >= 0.3 is 0 Å². The lowest BCUT2D eigenvalue weighted by atomic mass is 10.00. The second kappa shape index (κ2) is 7.19. The summed E-state index contributed by atoms with van der Waals surface area (Å²) in [6.45, 7) is 2.34. The van der Waals surface area contributed by atoms with E-state index in [2.05, 4.69) is 4.98 Å². The van der Waals surface area contributed by atoms with Gasteiger partial charge in [-0.2, -0.15) is 0 Å². The van der Waals surface area contributed by atoms with Crippen molar-refractivity contribution in [1.29, 1.82) is 0 Å². The molecule has 1 aromatic carbocycles. The lowest BCUT2D eigenvalue weighted by Crippen LogP contribution is -2.37. The number of aryl methyl sites for hydroxylation is 1. The molecule has 2 atom stereocenters. The number of halogens is 1. The Hall–Kier alpha value is -2.47. The first kappa shape index (κ1) is 17.4. The van der Waals surface area contributed by atoms with Gasteiger partial charge in [0.2, 0.25) is 5.56 Å². The first-order valence-electron chi connectivity index (χ1n) is 8.39. The summed E-state index contributed by atoms with van der Waals surface area (Å²) < 4.78 is 13.0. The SMILES string of the molecule is Cc1cc(C(=O)N2CCCC2CC(O)c2ccc(F)cc2)cc(=O)[nH]1. The zero-order valence-corrected chi connectivity index (χ0v) is 14.0. The molecule has 2 unspecified atom stereocenters. The molecule has 1 aliphatic rings. The molecular formula is C19H21FN2O3. The third kappa shape index (κ3) is 3.96. The minimum Gasteiger partial charge on any atom is -0.388 e. The van der Waals surface area contributed by atoms with Gasteiger partial charge in [0.1, 0.15) is 5.82 Å². The van der Waals surface area contributed by atoms with Crippen LogP contribution in [0.3, 0.4) is 0 Å². The summed E-state index contributed by atoms with van der Waals surface area (Å²) in [5.74, 6) is -0.540. The van der Waals surface area contributed by atoms with Crippen LogP contribution in [0.1, 0.15) is 47.0 Å². The molecule has 0 aliphatic carbocycles. The molecule has 2 N–H and O–H groups in total. The van der Waals surface area contributed by atoms with Crippen LogP contribution in [0.4, 0.5) is 4.39 Å². The van der Waals surface area contributed by atoms with Crippen LogP contribution >= 0.6 is 0 Å². The lowest BCUT2D eigenvalue weighted by Gasteiger charge is -2.27. The molecule has 25 heavy (non-hydrogen) atoms. The Morgan fingerprint density at radius 2 is 2.08 bits per heavy atom. The van der Waals surface area contributed by atoms with Crippen LogP contribution in [0.2, 0.25) is 0 Å². The molecular weight excluding hydrogens is 323 g/mol. The fraction of sp³-hybridized carbons (Fsp3) is 0.368. The van der Waals surface area contributed by atoms with Gasteiger partial charge in [-0.05, 0) is 49.9 Å². The van der Waals surface area contributed by atoms with Crippen LogP contribution in [0, 0.1) is 12.7 Å². The van der Waals surface area contributed by atoms with E-state index in [4.69, 9.17) is 0 Å². The summed E-state index contributed by atoms with van der Waals surface area (Å²) in [6, 6.07) is 8.61. The summed E-state index contributed by atoms with van der Waals surface area (Å²) in [5, 5.41) is 10.4. The maximum atomic E-state index is 13.0. The average Bonchev–Trinajstić information content (AvgIpc) is 3.01. The Labute approximate surface area is 145 Å². The van der Waals surface area contributed by atoms with E-state index in [1.807, 2.05) is 0 Å². The molecule has 0 radical (unpaired) electrons. The number of aromatic amines is 1. The number of aliphatic hydroxyl groups is 1. The topological polar surface area (TPSA) is 73.4 Å². The Bertz CT molecular complexity index is 816. The van der Waals surface area contributed by atoms with Crippen molar-refractivity contribution < 1.29 is 14.3 Å². The maximum Gasteiger partial charge on any atom is 0.254 e. The second-order valence-corrected chi connectivity index (χ2v) is 6.51. The van der Waals surface area contributed by atoms with Crippen molar-refractivity contribution in [2.75, 3.05) is 6.54 Å². The van der Waals surface area contributed by atoms with Gasteiger partial charge in [0, 0.05) is 29.9 Å². The highest BCUT2D eigenvalue weighted by molar-refractivity contribution is 5.94. The number of nitrogens with one attached hydrogen (secondary N) is 1. The van der Waals surface area contributed by atoms with E-state index >= 15 is 0 Å². The van der Waals surface area contributed by atoms with E-state index in [9.17, 15) is 19.1 Å². The molecule has 1 fully saturated rings. The van der Waals surface area contributed by atoms with Gasteiger partial charge in [0.25, 0.3) is 5.91 Å². The summed E-state index contributed by atoms with van der Waals surface area (Å²) in [4.78, 5) is 28.7. The predicted molar refractivity (Wildman–Crippen MR) is 91.8 cm³/mol. The number of hydrogen-bond donors (Lipinski definition) is 2.